The van der Waals surface area contributed by atoms with Crippen molar-refractivity contribution in [3.05, 3.63) is 35.7 Å². The molecular formula is C21H29N3O3. The molecule has 0 radical (unpaired) electrons. The van der Waals surface area contributed by atoms with Gasteiger partial charge in [0, 0.05) is 23.7 Å². The Hall–Kier alpha value is -2.63. The van der Waals surface area contributed by atoms with Crippen LogP contribution in [0.2, 0.25) is 0 Å². The average Bonchev–Trinajstić information content (AvgIpc) is 2.53. The summed E-state index contributed by atoms with van der Waals surface area (Å²) < 4.78 is 10.8. The molecule has 0 saturated heterocycles. The zero-order valence-electron chi connectivity index (χ0n) is 17.4. The number of hydrogen-bond acceptors (Lipinski definition) is 6. The Bertz CT molecular complexity index is 798. The third-order valence-corrected chi connectivity index (χ3v) is 4.04. The summed E-state index contributed by atoms with van der Waals surface area (Å²) in [6.45, 7) is 14.0. The molecule has 0 saturated carbocycles. The molecule has 0 bridgehead atoms. The van der Waals surface area contributed by atoms with Crippen LogP contribution in [0.25, 0.3) is 0 Å². The minimum absolute atomic E-state index is 0.220. The summed E-state index contributed by atoms with van der Waals surface area (Å²) >= 11 is 0. The second-order valence-electron chi connectivity index (χ2n) is 8.57. The van der Waals surface area contributed by atoms with E-state index < -0.39 is 0 Å². The number of esters is 1. The monoisotopic (exact) mass is 371 g/mol. The van der Waals surface area contributed by atoms with Gasteiger partial charge in [-0.3, -0.25) is 9.78 Å². The van der Waals surface area contributed by atoms with E-state index in [9.17, 15) is 4.79 Å². The summed E-state index contributed by atoms with van der Waals surface area (Å²) in [5.41, 5.74) is 2.31. The first kappa shape index (κ1) is 20.7. The van der Waals surface area contributed by atoms with Gasteiger partial charge in [-0.15, -0.1) is 0 Å². The van der Waals surface area contributed by atoms with Gasteiger partial charge in [0.2, 0.25) is 5.88 Å². The Labute approximate surface area is 161 Å². The van der Waals surface area contributed by atoms with E-state index in [0.29, 0.717) is 17.4 Å². The Kier molecular flexibility index (Phi) is 5.78. The summed E-state index contributed by atoms with van der Waals surface area (Å²) in [7, 11) is 1.55. The van der Waals surface area contributed by atoms with Gasteiger partial charge in [-0.2, -0.15) is 4.98 Å². The van der Waals surface area contributed by atoms with Gasteiger partial charge < -0.3 is 14.8 Å². The number of rotatable bonds is 4. The predicted molar refractivity (Wildman–Crippen MR) is 107 cm³/mol. The van der Waals surface area contributed by atoms with Gasteiger partial charge in [-0.25, -0.2) is 0 Å². The van der Waals surface area contributed by atoms with Crippen LogP contribution in [0.1, 0.15) is 59.6 Å². The SMILES string of the molecule is COc1cncc(Nc2cc(C(C)(C)C)c(OC(C)=O)c(C(C)(C)C)c2)n1. The van der Waals surface area contributed by atoms with Gasteiger partial charge in [0.25, 0.3) is 0 Å². The number of benzene rings is 1. The molecule has 0 atom stereocenters. The lowest BCUT2D eigenvalue weighted by Gasteiger charge is -2.30. The topological polar surface area (TPSA) is 73.3 Å². The predicted octanol–water partition coefficient (Wildman–Crippen LogP) is 4.75. The van der Waals surface area contributed by atoms with Crippen LogP contribution in [0.15, 0.2) is 24.5 Å². The first-order valence-electron chi connectivity index (χ1n) is 8.92. The molecule has 0 aliphatic rings. The van der Waals surface area contributed by atoms with Crippen LogP contribution < -0.4 is 14.8 Å². The first-order chi connectivity index (χ1) is 12.4. The van der Waals surface area contributed by atoms with Crippen LogP contribution in [-0.4, -0.2) is 23.0 Å². The number of aromatic nitrogens is 2. The van der Waals surface area contributed by atoms with E-state index in [1.807, 2.05) is 12.1 Å². The number of anilines is 2. The van der Waals surface area contributed by atoms with Crippen molar-refractivity contribution < 1.29 is 14.3 Å². The van der Waals surface area contributed by atoms with Crippen molar-refractivity contribution in [2.75, 3.05) is 12.4 Å². The molecule has 0 fully saturated rings. The van der Waals surface area contributed by atoms with Gasteiger partial charge in [0.15, 0.2) is 5.82 Å². The fourth-order valence-corrected chi connectivity index (χ4v) is 2.72. The van der Waals surface area contributed by atoms with E-state index in [0.717, 1.165) is 16.8 Å². The second kappa shape index (κ2) is 7.55. The smallest absolute Gasteiger partial charge is 0.308 e. The molecule has 1 heterocycles. The summed E-state index contributed by atoms with van der Waals surface area (Å²) in [5.74, 6) is 1.31. The summed E-state index contributed by atoms with van der Waals surface area (Å²) in [6, 6.07) is 3.99. The number of carbonyl (C=O) groups is 1. The highest BCUT2D eigenvalue weighted by atomic mass is 16.5. The molecule has 2 aromatic rings. The standard InChI is InChI=1S/C21H29N3O3/c1-13(25)27-19-15(20(2,3)4)9-14(10-16(19)21(5,6)7)23-17-11-22-12-18(24-17)26-8/h9-12H,1-8H3,(H,23,24). The molecule has 0 unspecified atom stereocenters. The van der Waals surface area contributed by atoms with E-state index in [-0.39, 0.29) is 16.8 Å². The van der Waals surface area contributed by atoms with Gasteiger partial charge in [0.1, 0.15) is 5.75 Å². The molecule has 0 aliphatic carbocycles. The van der Waals surface area contributed by atoms with Crippen molar-refractivity contribution in [1.82, 2.24) is 9.97 Å². The van der Waals surface area contributed by atoms with Crippen LogP contribution in [0.5, 0.6) is 11.6 Å². The second-order valence-corrected chi connectivity index (χ2v) is 8.57. The fraction of sp³-hybridized carbons (Fsp3) is 0.476. The molecule has 0 amide bonds. The molecule has 27 heavy (non-hydrogen) atoms. The first-order valence-corrected chi connectivity index (χ1v) is 8.92. The summed E-state index contributed by atoms with van der Waals surface area (Å²) in [4.78, 5) is 20.2. The normalized spacial score (nSPS) is 11.9. The largest absolute Gasteiger partial charge is 0.480 e. The molecule has 6 nitrogen and oxygen atoms in total. The van der Waals surface area contributed by atoms with E-state index >= 15 is 0 Å². The molecule has 1 N–H and O–H groups in total. The lowest BCUT2D eigenvalue weighted by Crippen LogP contribution is -2.21. The van der Waals surface area contributed by atoms with Crippen molar-refractivity contribution in [3.63, 3.8) is 0 Å². The average molecular weight is 371 g/mol. The quantitative estimate of drug-likeness (QED) is 0.618. The molecule has 2 rings (SSSR count). The van der Waals surface area contributed by atoms with E-state index in [1.165, 1.54) is 6.92 Å². The van der Waals surface area contributed by atoms with Gasteiger partial charge >= 0.3 is 5.97 Å². The highest BCUT2D eigenvalue weighted by Crippen LogP contribution is 2.42. The number of carbonyl (C=O) groups excluding carboxylic acids is 1. The maximum atomic E-state index is 11.7. The van der Waals surface area contributed by atoms with Crippen molar-refractivity contribution >= 4 is 17.5 Å². The van der Waals surface area contributed by atoms with E-state index in [2.05, 4.69) is 56.8 Å². The third kappa shape index (κ3) is 5.18. The van der Waals surface area contributed by atoms with Crippen LogP contribution in [0.4, 0.5) is 11.5 Å². The molecule has 1 aromatic heterocycles. The maximum absolute atomic E-state index is 11.7. The number of nitrogens with zero attached hydrogens (tertiary/aromatic N) is 2. The zero-order valence-corrected chi connectivity index (χ0v) is 17.4. The molecule has 146 valence electrons. The van der Waals surface area contributed by atoms with Gasteiger partial charge in [0.05, 0.1) is 19.5 Å². The Morgan fingerprint density at radius 3 is 2.00 bits per heavy atom. The Morgan fingerprint density at radius 1 is 1.00 bits per heavy atom. The minimum atomic E-state index is -0.328. The van der Waals surface area contributed by atoms with Crippen molar-refractivity contribution in [1.29, 1.82) is 0 Å². The van der Waals surface area contributed by atoms with Crippen LogP contribution >= 0.6 is 0 Å². The Balaban J connectivity index is 2.63. The van der Waals surface area contributed by atoms with E-state index in [4.69, 9.17) is 9.47 Å². The van der Waals surface area contributed by atoms with Crippen molar-refractivity contribution in [3.8, 4) is 11.6 Å². The number of ether oxygens (including phenoxy) is 2. The third-order valence-electron chi connectivity index (χ3n) is 4.04. The molecule has 0 spiro atoms. The van der Waals surface area contributed by atoms with Crippen LogP contribution in [0.3, 0.4) is 0 Å². The highest BCUT2D eigenvalue weighted by Gasteiger charge is 2.29. The van der Waals surface area contributed by atoms with Crippen molar-refractivity contribution in [2.45, 2.75) is 59.3 Å². The van der Waals surface area contributed by atoms with Crippen molar-refractivity contribution in [2.24, 2.45) is 0 Å². The maximum Gasteiger partial charge on any atom is 0.308 e. The molecular weight excluding hydrogens is 342 g/mol. The lowest BCUT2D eigenvalue weighted by molar-refractivity contribution is -0.132. The molecule has 1 aromatic carbocycles. The molecule has 0 aliphatic heterocycles. The number of nitrogens with one attached hydrogen (secondary N) is 1. The number of hydrogen-bond donors (Lipinski definition) is 1. The Morgan fingerprint density at radius 2 is 1.56 bits per heavy atom. The van der Waals surface area contributed by atoms with Gasteiger partial charge in [-0.1, -0.05) is 41.5 Å². The fourth-order valence-electron chi connectivity index (χ4n) is 2.72. The summed E-state index contributed by atoms with van der Waals surface area (Å²) in [5, 5.41) is 3.29. The minimum Gasteiger partial charge on any atom is -0.480 e. The molecule has 6 heteroatoms. The highest BCUT2D eigenvalue weighted by molar-refractivity contribution is 5.73. The summed E-state index contributed by atoms with van der Waals surface area (Å²) in [6.07, 6.45) is 3.19. The van der Waals surface area contributed by atoms with Gasteiger partial charge in [-0.05, 0) is 23.0 Å². The lowest BCUT2D eigenvalue weighted by atomic mass is 9.79. The van der Waals surface area contributed by atoms with Crippen LogP contribution in [0, 0.1) is 0 Å². The zero-order chi connectivity index (χ0) is 20.4. The van der Waals surface area contributed by atoms with E-state index in [1.54, 1.807) is 19.5 Å². The van der Waals surface area contributed by atoms with Crippen LogP contribution in [-0.2, 0) is 15.6 Å². The number of methoxy groups -OCH3 is 1.